The van der Waals surface area contributed by atoms with Gasteiger partial charge in [-0.3, -0.25) is 5.73 Å². The van der Waals surface area contributed by atoms with Crippen molar-refractivity contribution in [2.45, 2.75) is 123 Å². The van der Waals surface area contributed by atoms with E-state index in [0.717, 1.165) is 12.2 Å². The van der Waals surface area contributed by atoms with E-state index in [-0.39, 0.29) is 12.4 Å². The lowest BCUT2D eigenvalue weighted by atomic mass is 9.93. The van der Waals surface area contributed by atoms with E-state index in [2.05, 4.69) is 13.8 Å². The third-order valence-corrected chi connectivity index (χ3v) is 6.05. The van der Waals surface area contributed by atoms with Crippen LogP contribution in [0.4, 0.5) is 0 Å². The van der Waals surface area contributed by atoms with Crippen molar-refractivity contribution >= 4 is 12.4 Å². The summed E-state index contributed by atoms with van der Waals surface area (Å²) in [6, 6.07) is 9.93. The summed E-state index contributed by atoms with van der Waals surface area (Å²) in [5.74, 6) is 1.21. The minimum atomic E-state index is -0.599. The number of hydrogen-bond acceptors (Lipinski definition) is 2. The van der Waals surface area contributed by atoms with Crippen LogP contribution in [0.5, 0.6) is 5.75 Å². The van der Waals surface area contributed by atoms with Gasteiger partial charge in [0.25, 0.3) is 0 Å². The van der Waals surface area contributed by atoms with E-state index in [1.807, 2.05) is 37.3 Å². The molecule has 170 valence electrons. The minimum absolute atomic E-state index is 0. The van der Waals surface area contributed by atoms with Crippen molar-refractivity contribution in [1.82, 2.24) is 0 Å². The average Bonchev–Trinajstić information content (AvgIpc) is 2.68. The zero-order chi connectivity index (χ0) is 20.5. The Morgan fingerprint density at radius 3 is 1.62 bits per heavy atom. The van der Waals surface area contributed by atoms with Gasteiger partial charge in [-0.1, -0.05) is 122 Å². The van der Waals surface area contributed by atoms with E-state index in [9.17, 15) is 0 Å². The zero-order valence-corrected chi connectivity index (χ0v) is 20.3. The molecular weight excluding hydrogens is 378 g/mol. The van der Waals surface area contributed by atoms with Crippen molar-refractivity contribution in [3.8, 4) is 5.75 Å². The highest BCUT2D eigenvalue weighted by Crippen LogP contribution is 2.25. The summed E-state index contributed by atoms with van der Waals surface area (Å²) >= 11 is 0. The van der Waals surface area contributed by atoms with Gasteiger partial charge in [0.15, 0.2) is 5.72 Å². The van der Waals surface area contributed by atoms with Crippen LogP contribution in [0.25, 0.3) is 0 Å². The zero-order valence-electron chi connectivity index (χ0n) is 19.5. The molecule has 2 nitrogen and oxygen atoms in total. The molecule has 0 bridgehead atoms. The first-order chi connectivity index (χ1) is 13.6. The van der Waals surface area contributed by atoms with Crippen LogP contribution >= 0.6 is 12.4 Å². The molecule has 0 saturated carbocycles. The number of rotatable bonds is 18. The van der Waals surface area contributed by atoms with Crippen molar-refractivity contribution in [3.05, 3.63) is 30.3 Å². The summed E-state index contributed by atoms with van der Waals surface area (Å²) in [5, 5.41) is 0. The second-order valence-electron chi connectivity index (χ2n) is 8.88. The van der Waals surface area contributed by atoms with Crippen LogP contribution in [0.3, 0.4) is 0 Å². The Morgan fingerprint density at radius 1 is 0.759 bits per heavy atom. The van der Waals surface area contributed by atoms with Crippen LogP contribution in [0.2, 0.25) is 0 Å². The molecule has 0 aliphatic carbocycles. The maximum absolute atomic E-state index is 6.42. The maximum Gasteiger partial charge on any atom is 0.158 e. The summed E-state index contributed by atoms with van der Waals surface area (Å²) in [6.07, 6.45) is 20.8. The first-order valence-corrected chi connectivity index (χ1v) is 12.1. The predicted molar refractivity (Wildman–Crippen MR) is 131 cm³/mol. The van der Waals surface area contributed by atoms with Gasteiger partial charge in [-0.2, -0.15) is 0 Å². The first-order valence-electron chi connectivity index (χ1n) is 12.1. The molecule has 0 aliphatic heterocycles. The Morgan fingerprint density at radius 2 is 1.17 bits per heavy atom. The largest absolute Gasteiger partial charge is 0.473 e. The summed E-state index contributed by atoms with van der Waals surface area (Å²) in [4.78, 5) is 0. The van der Waals surface area contributed by atoms with Gasteiger partial charge in [-0.25, -0.2) is 0 Å². The van der Waals surface area contributed by atoms with Crippen LogP contribution in [0, 0.1) is 5.92 Å². The second-order valence-corrected chi connectivity index (χ2v) is 8.88. The van der Waals surface area contributed by atoms with Gasteiger partial charge >= 0.3 is 0 Å². The number of ether oxygens (including phenoxy) is 1. The molecule has 29 heavy (non-hydrogen) atoms. The number of halogens is 1. The quantitative estimate of drug-likeness (QED) is 0.188. The number of hydrogen-bond donors (Lipinski definition) is 1. The highest BCUT2D eigenvalue weighted by Gasteiger charge is 2.28. The third kappa shape index (κ3) is 14.8. The van der Waals surface area contributed by atoms with E-state index < -0.39 is 5.72 Å². The number of benzene rings is 1. The molecule has 2 N–H and O–H groups in total. The van der Waals surface area contributed by atoms with Crippen LogP contribution in [-0.2, 0) is 0 Å². The Kier molecular flexibility index (Phi) is 17.6. The molecule has 1 rings (SSSR count). The van der Waals surface area contributed by atoms with Crippen LogP contribution in [-0.4, -0.2) is 5.72 Å². The third-order valence-electron chi connectivity index (χ3n) is 6.05. The van der Waals surface area contributed by atoms with Crippen molar-refractivity contribution in [1.29, 1.82) is 0 Å². The van der Waals surface area contributed by atoms with Crippen LogP contribution in [0.15, 0.2) is 30.3 Å². The molecule has 0 aliphatic rings. The lowest BCUT2D eigenvalue weighted by Gasteiger charge is -2.32. The Bertz CT molecular complexity index is 463. The van der Waals surface area contributed by atoms with Crippen LogP contribution in [0.1, 0.15) is 117 Å². The Balaban J connectivity index is 0.00000784. The summed E-state index contributed by atoms with van der Waals surface area (Å²) in [7, 11) is 0. The molecule has 1 aromatic carbocycles. The smallest absolute Gasteiger partial charge is 0.158 e. The topological polar surface area (TPSA) is 35.2 Å². The van der Waals surface area contributed by atoms with Gasteiger partial charge < -0.3 is 4.74 Å². The molecule has 1 aromatic rings. The Labute approximate surface area is 187 Å². The SMILES string of the molecule is CCCCCCCCCCCCCCCCC(C)C(C)(N)Oc1ccccc1.Cl. The monoisotopic (exact) mass is 425 g/mol. The second kappa shape index (κ2) is 18.1. The lowest BCUT2D eigenvalue weighted by molar-refractivity contribution is 0.0343. The molecule has 0 saturated heterocycles. The molecule has 0 spiro atoms. The highest BCUT2D eigenvalue weighted by atomic mass is 35.5. The Hall–Kier alpha value is -0.730. The molecule has 0 heterocycles. The van der Waals surface area contributed by atoms with Gasteiger partial charge in [0.05, 0.1) is 0 Å². The highest BCUT2D eigenvalue weighted by molar-refractivity contribution is 5.85. The standard InChI is InChI=1S/C26H47NO.ClH/c1-4-5-6-7-8-9-10-11-12-13-14-15-16-18-21-24(2)26(3,27)28-25-22-19-17-20-23-25;/h17,19-20,22-24H,4-16,18,21,27H2,1-3H3;1H. The van der Waals surface area contributed by atoms with E-state index >= 15 is 0 Å². The van der Waals surface area contributed by atoms with Gasteiger partial charge in [-0.15, -0.1) is 12.4 Å². The minimum Gasteiger partial charge on any atom is -0.473 e. The molecule has 0 aromatic heterocycles. The molecule has 0 amide bonds. The van der Waals surface area contributed by atoms with Crippen molar-refractivity contribution in [2.75, 3.05) is 0 Å². The van der Waals surface area contributed by atoms with E-state index in [1.165, 1.54) is 89.9 Å². The van der Waals surface area contributed by atoms with Crippen molar-refractivity contribution < 1.29 is 4.74 Å². The van der Waals surface area contributed by atoms with E-state index in [4.69, 9.17) is 10.5 Å². The number of unbranched alkanes of at least 4 members (excludes halogenated alkanes) is 13. The average molecular weight is 426 g/mol. The molecule has 2 atom stereocenters. The molecule has 0 fully saturated rings. The fourth-order valence-corrected chi connectivity index (χ4v) is 3.77. The fraction of sp³-hybridized carbons (Fsp3) is 0.769. The van der Waals surface area contributed by atoms with Gasteiger partial charge in [-0.05, 0) is 25.5 Å². The van der Waals surface area contributed by atoms with Crippen molar-refractivity contribution in [2.24, 2.45) is 11.7 Å². The van der Waals surface area contributed by atoms with Crippen LogP contribution < -0.4 is 10.5 Å². The van der Waals surface area contributed by atoms with Gasteiger partial charge in [0.2, 0.25) is 0 Å². The maximum atomic E-state index is 6.42. The normalized spacial score (nSPS) is 14.1. The number of nitrogens with two attached hydrogens (primary N) is 1. The molecule has 3 heteroatoms. The lowest BCUT2D eigenvalue weighted by Crippen LogP contribution is -2.48. The first kappa shape index (κ1) is 28.3. The summed E-state index contributed by atoms with van der Waals surface area (Å²) < 4.78 is 6.01. The van der Waals surface area contributed by atoms with Crippen molar-refractivity contribution in [3.63, 3.8) is 0 Å². The molecule has 2 unspecified atom stereocenters. The fourth-order valence-electron chi connectivity index (χ4n) is 3.77. The molecule has 0 radical (unpaired) electrons. The van der Waals surface area contributed by atoms with E-state index in [0.29, 0.717) is 5.92 Å². The van der Waals surface area contributed by atoms with Gasteiger partial charge in [0, 0.05) is 5.92 Å². The summed E-state index contributed by atoms with van der Waals surface area (Å²) in [6.45, 7) is 6.51. The number of para-hydroxylation sites is 1. The van der Waals surface area contributed by atoms with Gasteiger partial charge in [0.1, 0.15) is 5.75 Å². The molecular formula is C26H48ClNO. The summed E-state index contributed by atoms with van der Waals surface area (Å²) in [5.41, 5.74) is 5.83. The predicted octanol–water partition coefficient (Wildman–Crippen LogP) is 8.67. The van der Waals surface area contributed by atoms with E-state index in [1.54, 1.807) is 0 Å².